The number of halogens is 8. The fourth-order valence-electron chi connectivity index (χ4n) is 1.87. The zero-order valence-electron chi connectivity index (χ0n) is 10.7. The Balaban J connectivity index is 3.06. The lowest BCUT2D eigenvalue weighted by Crippen LogP contribution is -2.22. The lowest BCUT2D eigenvalue weighted by atomic mass is 9.99. The van der Waals surface area contributed by atoms with Crippen LogP contribution in [0, 0.1) is 29.1 Å². The molecule has 0 saturated heterocycles. The van der Waals surface area contributed by atoms with Crippen molar-refractivity contribution >= 4 is 0 Å². The molecule has 21 heavy (non-hydrogen) atoms. The van der Waals surface area contributed by atoms with Crippen LogP contribution in [0.15, 0.2) is 0 Å². The summed E-state index contributed by atoms with van der Waals surface area (Å²) in [5.41, 5.74) is -1.16. The standard InChI is InChI=1S/C12H11F8N/c1-21-5(3-2-4-12(18,19)20)6-7(13)9(15)11(17)10(16)8(6)14/h5,21H,2-4H2,1H3. The van der Waals surface area contributed by atoms with Gasteiger partial charge in [-0.1, -0.05) is 0 Å². The van der Waals surface area contributed by atoms with Crippen molar-refractivity contribution in [2.45, 2.75) is 31.5 Å². The highest BCUT2D eigenvalue weighted by Crippen LogP contribution is 2.31. The molecule has 9 heteroatoms. The molecule has 1 unspecified atom stereocenters. The van der Waals surface area contributed by atoms with Crippen LogP contribution < -0.4 is 5.32 Å². The SMILES string of the molecule is CNC(CCCC(F)(F)F)c1c(F)c(F)c(F)c(F)c1F. The summed E-state index contributed by atoms with van der Waals surface area (Å²) < 4.78 is 102. The van der Waals surface area contributed by atoms with Crippen LogP contribution in [0.1, 0.15) is 30.9 Å². The Hall–Kier alpha value is -1.38. The minimum Gasteiger partial charge on any atom is -0.313 e. The molecule has 0 amide bonds. The van der Waals surface area contributed by atoms with Crippen molar-refractivity contribution in [1.82, 2.24) is 5.32 Å². The normalized spacial score (nSPS) is 13.6. The van der Waals surface area contributed by atoms with E-state index in [0.29, 0.717) is 0 Å². The lowest BCUT2D eigenvalue weighted by molar-refractivity contribution is -0.135. The van der Waals surface area contributed by atoms with E-state index in [1.54, 1.807) is 0 Å². The van der Waals surface area contributed by atoms with Crippen molar-refractivity contribution in [3.8, 4) is 0 Å². The highest BCUT2D eigenvalue weighted by Gasteiger charge is 2.31. The molecule has 0 fully saturated rings. The molecule has 0 heterocycles. The summed E-state index contributed by atoms with van der Waals surface area (Å²) in [5.74, 6) is -10.6. The van der Waals surface area contributed by atoms with E-state index in [1.807, 2.05) is 0 Å². The lowest BCUT2D eigenvalue weighted by Gasteiger charge is -2.19. The molecule has 1 atom stereocenters. The third-order valence-corrected chi connectivity index (χ3v) is 2.89. The first-order chi connectivity index (χ1) is 9.60. The third-order valence-electron chi connectivity index (χ3n) is 2.89. The molecular weight excluding hydrogens is 310 g/mol. The zero-order chi connectivity index (χ0) is 16.4. The molecule has 0 aromatic heterocycles. The zero-order valence-corrected chi connectivity index (χ0v) is 10.7. The van der Waals surface area contributed by atoms with Crippen molar-refractivity contribution in [3.05, 3.63) is 34.6 Å². The monoisotopic (exact) mass is 321 g/mol. The number of hydrogen-bond acceptors (Lipinski definition) is 1. The molecule has 120 valence electrons. The fraction of sp³-hybridized carbons (Fsp3) is 0.500. The maximum atomic E-state index is 13.5. The van der Waals surface area contributed by atoms with Gasteiger partial charge in [0, 0.05) is 18.0 Å². The van der Waals surface area contributed by atoms with Gasteiger partial charge in [-0.15, -0.1) is 0 Å². The Labute approximate surface area is 114 Å². The van der Waals surface area contributed by atoms with E-state index >= 15 is 0 Å². The maximum absolute atomic E-state index is 13.5. The molecule has 0 saturated carbocycles. The van der Waals surface area contributed by atoms with Gasteiger partial charge in [-0.05, 0) is 19.9 Å². The minimum absolute atomic E-state index is 0.436. The van der Waals surface area contributed by atoms with Gasteiger partial charge in [0.2, 0.25) is 5.82 Å². The summed E-state index contributed by atoms with van der Waals surface area (Å²) >= 11 is 0. The van der Waals surface area contributed by atoms with Gasteiger partial charge >= 0.3 is 6.18 Å². The molecule has 0 aliphatic rings. The van der Waals surface area contributed by atoms with E-state index in [2.05, 4.69) is 5.32 Å². The quantitative estimate of drug-likeness (QED) is 0.482. The van der Waals surface area contributed by atoms with E-state index < -0.39 is 66.1 Å². The van der Waals surface area contributed by atoms with Crippen LogP contribution in [0.5, 0.6) is 0 Å². The highest BCUT2D eigenvalue weighted by atomic mass is 19.4. The van der Waals surface area contributed by atoms with Crippen LogP contribution in [-0.2, 0) is 0 Å². The molecule has 1 rings (SSSR count). The van der Waals surface area contributed by atoms with Crippen molar-refractivity contribution in [3.63, 3.8) is 0 Å². The molecule has 1 aromatic carbocycles. The topological polar surface area (TPSA) is 12.0 Å². The average Bonchev–Trinajstić information content (AvgIpc) is 2.40. The van der Waals surface area contributed by atoms with Crippen LogP contribution >= 0.6 is 0 Å². The Bertz CT molecular complexity index is 482. The average molecular weight is 321 g/mol. The second-order valence-electron chi connectivity index (χ2n) is 4.33. The van der Waals surface area contributed by atoms with Crippen LogP contribution in [-0.4, -0.2) is 13.2 Å². The van der Waals surface area contributed by atoms with E-state index in [1.165, 1.54) is 0 Å². The van der Waals surface area contributed by atoms with Gasteiger partial charge in [-0.2, -0.15) is 13.2 Å². The Morgan fingerprint density at radius 2 is 1.29 bits per heavy atom. The Morgan fingerprint density at radius 1 is 0.857 bits per heavy atom. The highest BCUT2D eigenvalue weighted by molar-refractivity contribution is 5.27. The molecule has 0 spiro atoms. The number of hydrogen-bond donors (Lipinski definition) is 1. The van der Waals surface area contributed by atoms with Gasteiger partial charge in [0.05, 0.1) is 0 Å². The fourth-order valence-corrected chi connectivity index (χ4v) is 1.87. The second-order valence-corrected chi connectivity index (χ2v) is 4.33. The van der Waals surface area contributed by atoms with Crippen LogP contribution in [0.2, 0.25) is 0 Å². The van der Waals surface area contributed by atoms with Gasteiger partial charge in [0.15, 0.2) is 23.3 Å². The summed E-state index contributed by atoms with van der Waals surface area (Å²) in [6.07, 6.45) is -6.64. The molecule has 1 N–H and O–H groups in total. The van der Waals surface area contributed by atoms with Gasteiger partial charge in [-0.3, -0.25) is 0 Å². The first-order valence-electron chi connectivity index (χ1n) is 5.85. The molecule has 0 aliphatic carbocycles. The van der Waals surface area contributed by atoms with Gasteiger partial charge in [0.25, 0.3) is 0 Å². The molecule has 0 bridgehead atoms. The first kappa shape index (κ1) is 17.7. The van der Waals surface area contributed by atoms with Crippen LogP contribution in [0.25, 0.3) is 0 Å². The van der Waals surface area contributed by atoms with Crippen LogP contribution in [0.4, 0.5) is 35.1 Å². The Kier molecular flexibility index (Phi) is 5.54. The van der Waals surface area contributed by atoms with Gasteiger partial charge in [0.1, 0.15) is 0 Å². The third kappa shape index (κ3) is 4.05. The molecule has 0 aliphatic heterocycles. The molecule has 1 nitrogen and oxygen atoms in total. The van der Waals surface area contributed by atoms with Crippen molar-refractivity contribution < 1.29 is 35.1 Å². The van der Waals surface area contributed by atoms with Gasteiger partial charge < -0.3 is 5.32 Å². The summed E-state index contributed by atoms with van der Waals surface area (Å²) in [6.45, 7) is 0. The summed E-state index contributed by atoms with van der Waals surface area (Å²) in [5, 5.41) is 2.26. The van der Waals surface area contributed by atoms with Crippen molar-refractivity contribution in [2.75, 3.05) is 7.05 Å². The van der Waals surface area contributed by atoms with Crippen molar-refractivity contribution in [1.29, 1.82) is 0 Å². The number of rotatable bonds is 5. The number of alkyl halides is 3. The van der Waals surface area contributed by atoms with Crippen molar-refractivity contribution in [2.24, 2.45) is 0 Å². The molecular formula is C12H11F8N. The molecule has 1 aromatic rings. The second kappa shape index (κ2) is 6.59. The van der Waals surface area contributed by atoms with E-state index in [0.717, 1.165) is 7.05 Å². The maximum Gasteiger partial charge on any atom is 0.389 e. The molecule has 0 radical (unpaired) electrons. The van der Waals surface area contributed by atoms with E-state index in [-0.39, 0.29) is 0 Å². The number of nitrogens with one attached hydrogen (secondary N) is 1. The first-order valence-corrected chi connectivity index (χ1v) is 5.85. The van der Waals surface area contributed by atoms with E-state index in [4.69, 9.17) is 0 Å². The smallest absolute Gasteiger partial charge is 0.313 e. The summed E-state index contributed by atoms with van der Waals surface area (Å²) in [6, 6.07) is -1.42. The summed E-state index contributed by atoms with van der Waals surface area (Å²) in [4.78, 5) is 0. The van der Waals surface area contributed by atoms with Gasteiger partial charge in [-0.25, -0.2) is 22.0 Å². The summed E-state index contributed by atoms with van der Waals surface area (Å²) in [7, 11) is 1.15. The Morgan fingerprint density at radius 3 is 1.67 bits per heavy atom. The predicted molar refractivity (Wildman–Crippen MR) is 57.9 cm³/mol. The largest absolute Gasteiger partial charge is 0.389 e. The number of benzene rings is 1. The predicted octanol–water partition coefficient (Wildman–Crippen LogP) is 4.38. The minimum atomic E-state index is -4.46. The van der Waals surface area contributed by atoms with E-state index in [9.17, 15) is 35.1 Å². The van der Waals surface area contributed by atoms with Crippen LogP contribution in [0.3, 0.4) is 0 Å².